The van der Waals surface area contributed by atoms with Crippen molar-refractivity contribution in [2.24, 2.45) is 11.8 Å². The number of ether oxygens (including phenoxy) is 1. The largest absolute Gasteiger partial charge is 0.453 e. The molecule has 3 aromatic rings. The highest BCUT2D eigenvalue weighted by Crippen LogP contribution is 2.31. The monoisotopic (exact) mass is 730 g/mol. The molecule has 0 bridgehead atoms. The van der Waals surface area contributed by atoms with Gasteiger partial charge in [0, 0.05) is 31.8 Å². The Balaban J connectivity index is 0.000000300. The summed E-state index contributed by atoms with van der Waals surface area (Å²) in [5, 5.41) is 0. The summed E-state index contributed by atoms with van der Waals surface area (Å²) < 4.78 is 8.32. The SMILES string of the molecule is C=CC(OC(C)=O)c1ccccc1Br.C=CC(c1ccccc1Br)C(C)C.CC(C)C/C=C/c1ccccc1Br. The average molecular weight is 733 g/mol. The number of benzene rings is 3. The van der Waals surface area contributed by atoms with Gasteiger partial charge >= 0.3 is 5.97 Å². The molecule has 40 heavy (non-hydrogen) atoms. The lowest BCUT2D eigenvalue weighted by atomic mass is 9.89. The summed E-state index contributed by atoms with van der Waals surface area (Å²) in [6.07, 6.45) is 8.77. The molecule has 214 valence electrons. The topological polar surface area (TPSA) is 26.3 Å². The predicted molar refractivity (Wildman–Crippen MR) is 183 cm³/mol. The van der Waals surface area contributed by atoms with Gasteiger partial charge in [0.1, 0.15) is 6.10 Å². The molecule has 0 saturated carbocycles. The number of allylic oxidation sites excluding steroid dienone is 2. The molecule has 5 heteroatoms. The molecule has 0 heterocycles. The molecular weight excluding hydrogens is 692 g/mol. The maximum Gasteiger partial charge on any atom is 0.303 e. The molecule has 0 amide bonds. The number of rotatable bonds is 9. The van der Waals surface area contributed by atoms with Gasteiger partial charge in [-0.05, 0) is 53.7 Å². The van der Waals surface area contributed by atoms with Crippen LogP contribution in [0.25, 0.3) is 6.08 Å². The van der Waals surface area contributed by atoms with E-state index in [-0.39, 0.29) is 12.1 Å². The van der Waals surface area contributed by atoms with E-state index in [0.29, 0.717) is 11.8 Å². The molecule has 0 aliphatic heterocycles. The zero-order valence-corrected chi connectivity index (χ0v) is 28.9. The zero-order valence-electron chi connectivity index (χ0n) is 24.1. The van der Waals surface area contributed by atoms with Crippen molar-refractivity contribution in [3.05, 3.63) is 134 Å². The zero-order chi connectivity index (χ0) is 30.1. The van der Waals surface area contributed by atoms with Crippen LogP contribution in [0.15, 0.2) is 118 Å². The maximum atomic E-state index is 10.8. The first-order valence-electron chi connectivity index (χ1n) is 13.3. The summed E-state index contributed by atoms with van der Waals surface area (Å²) in [7, 11) is 0. The second kappa shape index (κ2) is 19.8. The van der Waals surface area contributed by atoms with E-state index in [4.69, 9.17) is 4.74 Å². The number of esters is 1. The molecule has 3 aromatic carbocycles. The van der Waals surface area contributed by atoms with Crippen LogP contribution in [0.3, 0.4) is 0 Å². The van der Waals surface area contributed by atoms with Crippen molar-refractivity contribution in [3.63, 3.8) is 0 Å². The quantitative estimate of drug-likeness (QED) is 0.162. The Morgan fingerprint density at radius 1 is 0.775 bits per heavy atom. The van der Waals surface area contributed by atoms with E-state index in [9.17, 15) is 4.79 Å². The summed E-state index contributed by atoms with van der Waals surface area (Å²) in [5.41, 5.74) is 3.48. The van der Waals surface area contributed by atoms with Crippen molar-refractivity contribution in [2.45, 2.75) is 53.1 Å². The molecule has 0 fully saturated rings. The highest BCUT2D eigenvalue weighted by molar-refractivity contribution is 9.11. The third-order valence-corrected chi connectivity index (χ3v) is 7.93. The second-order valence-electron chi connectivity index (χ2n) is 9.87. The second-order valence-corrected chi connectivity index (χ2v) is 12.4. The van der Waals surface area contributed by atoms with Crippen LogP contribution >= 0.6 is 47.8 Å². The molecular formula is C35H41Br3O2. The minimum absolute atomic E-state index is 0.314. The number of carbonyl (C=O) groups excluding carboxylic acids is 1. The first kappa shape index (κ1) is 35.8. The summed E-state index contributed by atoms with van der Waals surface area (Å²) in [6.45, 7) is 17.8. The highest BCUT2D eigenvalue weighted by atomic mass is 79.9. The van der Waals surface area contributed by atoms with Gasteiger partial charge in [-0.2, -0.15) is 0 Å². The number of halogens is 3. The van der Waals surface area contributed by atoms with E-state index < -0.39 is 0 Å². The van der Waals surface area contributed by atoms with Crippen LogP contribution in [0.4, 0.5) is 0 Å². The van der Waals surface area contributed by atoms with E-state index in [2.05, 4.69) is 137 Å². The predicted octanol–water partition coefficient (Wildman–Crippen LogP) is 12.1. The molecule has 0 aliphatic carbocycles. The minimum Gasteiger partial charge on any atom is -0.453 e. The maximum absolute atomic E-state index is 10.8. The van der Waals surface area contributed by atoms with Gasteiger partial charge in [-0.25, -0.2) is 0 Å². The summed E-state index contributed by atoms with van der Waals surface area (Å²) >= 11 is 10.5. The number of carbonyl (C=O) groups is 1. The van der Waals surface area contributed by atoms with E-state index in [1.54, 1.807) is 6.08 Å². The van der Waals surface area contributed by atoms with Crippen molar-refractivity contribution in [3.8, 4) is 0 Å². The molecule has 0 saturated heterocycles. The lowest BCUT2D eigenvalue weighted by Gasteiger charge is -2.18. The van der Waals surface area contributed by atoms with Gasteiger partial charge in [0.2, 0.25) is 0 Å². The molecule has 2 unspecified atom stereocenters. The van der Waals surface area contributed by atoms with Crippen molar-refractivity contribution in [1.29, 1.82) is 0 Å². The Bertz CT molecular complexity index is 1230. The molecule has 0 aromatic heterocycles. The van der Waals surface area contributed by atoms with Crippen molar-refractivity contribution >= 4 is 59.8 Å². The summed E-state index contributed by atoms with van der Waals surface area (Å²) in [4.78, 5) is 10.8. The van der Waals surface area contributed by atoms with Crippen molar-refractivity contribution < 1.29 is 9.53 Å². The van der Waals surface area contributed by atoms with Crippen LogP contribution in [0.2, 0.25) is 0 Å². The molecule has 2 atom stereocenters. The first-order chi connectivity index (χ1) is 19.0. The Morgan fingerprint density at radius 2 is 1.27 bits per heavy atom. The molecule has 0 N–H and O–H groups in total. The van der Waals surface area contributed by atoms with Gasteiger partial charge in [-0.15, -0.1) is 6.58 Å². The summed E-state index contributed by atoms with van der Waals surface area (Å²) in [5.74, 6) is 1.45. The van der Waals surface area contributed by atoms with Crippen molar-refractivity contribution in [2.75, 3.05) is 0 Å². The molecule has 0 radical (unpaired) electrons. The van der Waals surface area contributed by atoms with Gasteiger partial charge in [0.25, 0.3) is 0 Å². The van der Waals surface area contributed by atoms with Gasteiger partial charge < -0.3 is 4.74 Å². The van der Waals surface area contributed by atoms with Gasteiger partial charge in [-0.1, -0.05) is 155 Å². The van der Waals surface area contributed by atoms with E-state index in [0.717, 1.165) is 26.8 Å². The number of hydrogen-bond donors (Lipinski definition) is 0. The Labute approximate surface area is 267 Å². The van der Waals surface area contributed by atoms with Crippen LogP contribution in [-0.4, -0.2) is 5.97 Å². The van der Waals surface area contributed by atoms with Crippen LogP contribution in [0.1, 0.15) is 69.8 Å². The molecule has 0 aliphatic rings. The van der Waals surface area contributed by atoms with E-state index in [1.165, 1.54) is 22.5 Å². The Kier molecular flexibility index (Phi) is 17.7. The third kappa shape index (κ3) is 13.4. The van der Waals surface area contributed by atoms with E-state index in [1.807, 2.05) is 42.5 Å². The Morgan fingerprint density at radius 3 is 1.70 bits per heavy atom. The number of hydrogen-bond acceptors (Lipinski definition) is 2. The average Bonchev–Trinajstić information content (AvgIpc) is 2.91. The highest BCUT2D eigenvalue weighted by Gasteiger charge is 2.14. The minimum atomic E-state index is -0.386. The van der Waals surface area contributed by atoms with Gasteiger partial charge in [0.05, 0.1) is 0 Å². The smallest absolute Gasteiger partial charge is 0.303 e. The van der Waals surface area contributed by atoms with Crippen LogP contribution in [0, 0.1) is 11.8 Å². The molecule has 2 nitrogen and oxygen atoms in total. The van der Waals surface area contributed by atoms with Gasteiger partial charge in [-0.3, -0.25) is 4.79 Å². The van der Waals surface area contributed by atoms with Gasteiger partial charge in [0.15, 0.2) is 0 Å². The standard InChI is InChI=1S/2C12H15Br.C11H11BrO2/c1-10(2)6-5-8-11-7-3-4-9-12(11)13;1-4-10(9(2)3)11-7-5-6-8-12(11)13;1-3-11(14-8(2)13)9-6-4-5-7-10(9)12/h3-5,7-10H,6H2,1-2H3;4-10H,1H2,2-3H3;3-7,11H,1H2,2H3/b8-5+;;. The van der Waals surface area contributed by atoms with Crippen LogP contribution in [0.5, 0.6) is 0 Å². The van der Waals surface area contributed by atoms with Crippen molar-refractivity contribution in [1.82, 2.24) is 0 Å². The molecule has 3 rings (SSSR count). The fourth-order valence-corrected chi connectivity index (χ4v) is 5.18. The molecule has 0 spiro atoms. The fourth-order valence-electron chi connectivity index (χ4n) is 3.70. The van der Waals surface area contributed by atoms with E-state index >= 15 is 0 Å². The van der Waals surface area contributed by atoms with Crippen LogP contribution in [-0.2, 0) is 9.53 Å². The summed E-state index contributed by atoms with van der Waals surface area (Å²) in [6, 6.07) is 24.2. The third-order valence-electron chi connectivity index (χ3n) is 5.77. The normalized spacial score (nSPS) is 12.1. The lowest BCUT2D eigenvalue weighted by molar-refractivity contribution is -0.144. The fraction of sp³-hybridized carbons (Fsp3) is 0.286. The lowest BCUT2D eigenvalue weighted by Crippen LogP contribution is -2.06. The first-order valence-corrected chi connectivity index (χ1v) is 15.7. The van der Waals surface area contributed by atoms with Crippen LogP contribution < -0.4 is 0 Å². The Hall–Kier alpha value is -2.21.